The average molecular weight is 449 g/mol. The van der Waals surface area contributed by atoms with Gasteiger partial charge in [0, 0.05) is 25.7 Å². The Morgan fingerprint density at radius 3 is 2.69 bits per heavy atom. The van der Waals surface area contributed by atoms with Crippen LogP contribution >= 0.6 is 11.3 Å². The summed E-state index contributed by atoms with van der Waals surface area (Å²) in [7, 11) is 0. The second-order valence-corrected chi connectivity index (χ2v) is 8.98. The zero-order valence-electron chi connectivity index (χ0n) is 17.6. The van der Waals surface area contributed by atoms with Crippen LogP contribution in [0.5, 0.6) is 0 Å². The molecule has 1 saturated heterocycles. The standard InChI is InChI=1S/C23H24N6O2S/c30-22(25-18-8-10-27(11-9-18)14-17-5-2-1-3-6-17)15-28-23(31)20-13-19(21-7-4-12-32-21)26-29(20)16-24-28/h1-7,12-13,16,18H,8-11,14-15H2,(H,25,30). The van der Waals surface area contributed by atoms with E-state index in [1.54, 1.807) is 17.4 Å². The third kappa shape index (κ3) is 4.49. The van der Waals surface area contributed by atoms with Crippen molar-refractivity contribution in [1.82, 2.24) is 29.6 Å². The zero-order valence-corrected chi connectivity index (χ0v) is 18.4. The van der Waals surface area contributed by atoms with Gasteiger partial charge < -0.3 is 5.32 Å². The molecule has 32 heavy (non-hydrogen) atoms. The number of thiophene rings is 1. The van der Waals surface area contributed by atoms with Crippen LogP contribution in [0.4, 0.5) is 0 Å². The van der Waals surface area contributed by atoms with E-state index in [0.717, 1.165) is 43.0 Å². The second-order valence-electron chi connectivity index (χ2n) is 8.03. The molecule has 8 nitrogen and oxygen atoms in total. The molecule has 0 aliphatic carbocycles. The van der Waals surface area contributed by atoms with Crippen molar-refractivity contribution < 1.29 is 4.79 Å². The predicted octanol–water partition coefficient (Wildman–Crippen LogP) is 2.40. The molecular weight excluding hydrogens is 424 g/mol. The van der Waals surface area contributed by atoms with Gasteiger partial charge in [-0.25, -0.2) is 9.20 Å². The number of carbonyl (C=O) groups is 1. The molecule has 0 radical (unpaired) electrons. The topological polar surface area (TPSA) is 84.5 Å². The summed E-state index contributed by atoms with van der Waals surface area (Å²) in [5, 5.41) is 13.6. The van der Waals surface area contributed by atoms with E-state index in [9.17, 15) is 9.59 Å². The van der Waals surface area contributed by atoms with Crippen molar-refractivity contribution in [3.05, 3.63) is 76.2 Å². The quantitative estimate of drug-likeness (QED) is 0.490. The SMILES string of the molecule is O=C(Cn1ncn2nc(-c3cccs3)cc2c1=O)NC1CCN(Cc2ccccc2)CC1. The number of nitrogens with zero attached hydrogens (tertiary/aromatic N) is 5. The van der Waals surface area contributed by atoms with Crippen LogP contribution in [0.1, 0.15) is 18.4 Å². The van der Waals surface area contributed by atoms with Crippen molar-refractivity contribution in [1.29, 1.82) is 0 Å². The maximum absolute atomic E-state index is 12.8. The number of aromatic nitrogens is 4. The summed E-state index contributed by atoms with van der Waals surface area (Å²) in [6.45, 7) is 2.70. The number of carbonyl (C=O) groups excluding carboxylic acids is 1. The molecule has 4 heterocycles. The Morgan fingerprint density at radius 1 is 1.12 bits per heavy atom. The van der Waals surface area contributed by atoms with Crippen LogP contribution in [0.15, 0.2) is 65.0 Å². The summed E-state index contributed by atoms with van der Waals surface area (Å²) < 4.78 is 2.67. The van der Waals surface area contributed by atoms with Crippen LogP contribution in [-0.2, 0) is 17.9 Å². The molecule has 9 heteroatoms. The van der Waals surface area contributed by atoms with Crippen molar-refractivity contribution >= 4 is 22.8 Å². The molecule has 4 aromatic rings. The van der Waals surface area contributed by atoms with E-state index in [1.807, 2.05) is 23.6 Å². The first kappa shape index (κ1) is 20.6. The van der Waals surface area contributed by atoms with E-state index in [-0.39, 0.29) is 24.1 Å². The molecular formula is C23H24N6O2S. The smallest absolute Gasteiger partial charge is 0.293 e. The third-order valence-electron chi connectivity index (χ3n) is 5.76. The lowest BCUT2D eigenvalue weighted by Gasteiger charge is -2.32. The highest BCUT2D eigenvalue weighted by molar-refractivity contribution is 7.13. The number of likely N-dealkylation sites (tertiary alicyclic amines) is 1. The van der Waals surface area contributed by atoms with Crippen LogP contribution in [0.3, 0.4) is 0 Å². The molecule has 3 aromatic heterocycles. The second kappa shape index (κ2) is 9.05. The molecule has 1 N–H and O–H groups in total. The Balaban J connectivity index is 1.18. The van der Waals surface area contributed by atoms with Gasteiger partial charge in [-0.3, -0.25) is 14.5 Å². The van der Waals surface area contributed by atoms with Crippen molar-refractivity contribution in [2.24, 2.45) is 0 Å². The van der Waals surface area contributed by atoms with Gasteiger partial charge in [0.2, 0.25) is 5.91 Å². The summed E-state index contributed by atoms with van der Waals surface area (Å²) in [6.07, 6.45) is 3.27. The van der Waals surface area contributed by atoms with Crippen LogP contribution in [0.25, 0.3) is 16.1 Å². The zero-order chi connectivity index (χ0) is 21.9. The summed E-state index contributed by atoms with van der Waals surface area (Å²) in [6, 6.07) is 16.2. The van der Waals surface area contributed by atoms with Crippen LogP contribution < -0.4 is 10.9 Å². The van der Waals surface area contributed by atoms with Crippen molar-refractivity contribution in [2.45, 2.75) is 32.0 Å². The van der Waals surface area contributed by atoms with Crippen molar-refractivity contribution in [3.63, 3.8) is 0 Å². The number of hydrogen-bond donors (Lipinski definition) is 1. The number of rotatable bonds is 6. The lowest BCUT2D eigenvalue weighted by Crippen LogP contribution is -2.46. The van der Waals surface area contributed by atoms with E-state index in [4.69, 9.17) is 0 Å². The molecule has 164 valence electrons. The molecule has 0 saturated carbocycles. The Morgan fingerprint density at radius 2 is 1.94 bits per heavy atom. The van der Waals surface area contributed by atoms with E-state index >= 15 is 0 Å². The fourth-order valence-electron chi connectivity index (χ4n) is 4.08. The van der Waals surface area contributed by atoms with Crippen molar-refractivity contribution in [2.75, 3.05) is 13.1 Å². The van der Waals surface area contributed by atoms with Gasteiger partial charge in [0.05, 0.1) is 4.88 Å². The monoisotopic (exact) mass is 448 g/mol. The Hall–Kier alpha value is -3.30. The Labute approximate surface area is 189 Å². The Bertz CT molecular complexity index is 1260. The summed E-state index contributed by atoms with van der Waals surface area (Å²) in [5.41, 5.74) is 2.11. The summed E-state index contributed by atoms with van der Waals surface area (Å²) in [4.78, 5) is 28.8. The molecule has 1 aliphatic rings. The first-order valence-corrected chi connectivity index (χ1v) is 11.6. The van der Waals surface area contributed by atoms with Gasteiger partial charge in [-0.05, 0) is 35.9 Å². The number of piperidine rings is 1. The lowest BCUT2D eigenvalue weighted by atomic mass is 10.0. The lowest BCUT2D eigenvalue weighted by molar-refractivity contribution is -0.123. The van der Waals surface area contributed by atoms with Gasteiger partial charge in [-0.15, -0.1) is 11.3 Å². The van der Waals surface area contributed by atoms with Gasteiger partial charge in [0.25, 0.3) is 5.56 Å². The number of fused-ring (bicyclic) bond motifs is 1. The van der Waals surface area contributed by atoms with Crippen LogP contribution in [0, 0.1) is 0 Å². The molecule has 0 bridgehead atoms. The largest absolute Gasteiger partial charge is 0.352 e. The van der Waals surface area contributed by atoms with Crippen LogP contribution in [-0.4, -0.2) is 49.3 Å². The fraction of sp³-hybridized carbons (Fsp3) is 0.304. The summed E-state index contributed by atoms with van der Waals surface area (Å²) >= 11 is 1.56. The van der Waals surface area contributed by atoms with E-state index < -0.39 is 0 Å². The van der Waals surface area contributed by atoms with E-state index in [1.165, 1.54) is 21.1 Å². The molecule has 0 atom stereocenters. The van der Waals surface area contributed by atoms with Gasteiger partial charge in [-0.2, -0.15) is 10.2 Å². The fourth-order valence-corrected chi connectivity index (χ4v) is 4.76. The minimum atomic E-state index is -0.323. The maximum Gasteiger partial charge on any atom is 0.293 e. The minimum absolute atomic E-state index is 0.0981. The van der Waals surface area contributed by atoms with Crippen molar-refractivity contribution in [3.8, 4) is 10.6 Å². The highest BCUT2D eigenvalue weighted by Crippen LogP contribution is 2.23. The third-order valence-corrected chi connectivity index (χ3v) is 6.65. The molecule has 5 rings (SSSR count). The average Bonchev–Trinajstić information content (AvgIpc) is 3.48. The molecule has 1 aromatic carbocycles. The Kier molecular flexibility index (Phi) is 5.83. The molecule has 1 aliphatic heterocycles. The molecule has 1 fully saturated rings. The van der Waals surface area contributed by atoms with Gasteiger partial charge in [0.1, 0.15) is 24.1 Å². The summed E-state index contributed by atoms with van der Waals surface area (Å²) in [5.74, 6) is -0.191. The number of benzene rings is 1. The molecule has 0 unspecified atom stereocenters. The number of nitrogens with one attached hydrogen (secondary N) is 1. The predicted molar refractivity (Wildman–Crippen MR) is 123 cm³/mol. The highest BCUT2D eigenvalue weighted by Gasteiger charge is 2.21. The first-order valence-electron chi connectivity index (χ1n) is 10.7. The maximum atomic E-state index is 12.8. The number of amides is 1. The van der Waals surface area contributed by atoms with Gasteiger partial charge in [0.15, 0.2) is 0 Å². The van der Waals surface area contributed by atoms with Gasteiger partial charge in [-0.1, -0.05) is 36.4 Å². The minimum Gasteiger partial charge on any atom is -0.352 e. The first-order chi connectivity index (χ1) is 15.7. The van der Waals surface area contributed by atoms with E-state index in [2.05, 4.69) is 44.7 Å². The normalized spacial score (nSPS) is 15.2. The van der Waals surface area contributed by atoms with Crippen LogP contribution in [0.2, 0.25) is 0 Å². The van der Waals surface area contributed by atoms with Gasteiger partial charge >= 0.3 is 0 Å². The molecule has 1 amide bonds. The highest BCUT2D eigenvalue weighted by atomic mass is 32.1. The molecule has 0 spiro atoms. The number of hydrogen-bond acceptors (Lipinski definition) is 6. The van der Waals surface area contributed by atoms with E-state index in [0.29, 0.717) is 5.52 Å².